The minimum atomic E-state index is -3.74. The van der Waals surface area contributed by atoms with Crippen LogP contribution in [0.3, 0.4) is 0 Å². The summed E-state index contributed by atoms with van der Waals surface area (Å²) in [7, 11) is -7.22. The van der Waals surface area contributed by atoms with E-state index in [9.17, 15) is 16.8 Å². The fraction of sp³-hybridized carbons (Fsp3) is 0.400. The molecule has 0 spiro atoms. The number of halogens is 1. The number of sulfone groups is 1. The lowest BCUT2D eigenvalue weighted by molar-refractivity contribution is 0.263. The van der Waals surface area contributed by atoms with Crippen molar-refractivity contribution in [1.29, 1.82) is 0 Å². The van der Waals surface area contributed by atoms with Gasteiger partial charge in [-0.1, -0.05) is 30.3 Å². The fourth-order valence-electron chi connectivity index (χ4n) is 3.50. The van der Waals surface area contributed by atoms with Crippen LogP contribution in [0.25, 0.3) is 0 Å². The van der Waals surface area contributed by atoms with Gasteiger partial charge in [0.1, 0.15) is 0 Å². The van der Waals surface area contributed by atoms with E-state index in [4.69, 9.17) is 0 Å². The molecule has 0 unspecified atom stereocenters. The van der Waals surface area contributed by atoms with Crippen LogP contribution in [0.5, 0.6) is 0 Å². The summed E-state index contributed by atoms with van der Waals surface area (Å²) in [5.41, 5.74) is 1.30. The summed E-state index contributed by atoms with van der Waals surface area (Å²) in [5.74, 6) is 0.498. The lowest BCUT2D eigenvalue weighted by atomic mass is 9.91. The Hall–Kier alpha value is -1.22. The van der Waals surface area contributed by atoms with Gasteiger partial charge in [0.05, 0.1) is 9.79 Å². The molecule has 0 aromatic heterocycles. The van der Waals surface area contributed by atoms with Crippen molar-refractivity contribution >= 4 is 35.8 Å². The summed E-state index contributed by atoms with van der Waals surface area (Å²) in [5, 5.41) is 0. The highest BCUT2D eigenvalue weighted by Crippen LogP contribution is 2.31. The van der Waals surface area contributed by atoms with E-state index in [0.717, 1.165) is 31.9 Å². The van der Waals surface area contributed by atoms with Crippen molar-refractivity contribution in [2.75, 3.05) is 19.3 Å². The van der Waals surface area contributed by atoms with Crippen LogP contribution in [0.2, 0.25) is 0 Å². The van der Waals surface area contributed by atoms with Crippen LogP contribution in [0, 0.1) is 5.92 Å². The zero-order valence-corrected chi connectivity index (χ0v) is 18.9. The van der Waals surface area contributed by atoms with Crippen LogP contribution in [0.4, 0.5) is 0 Å². The van der Waals surface area contributed by atoms with E-state index in [1.165, 1.54) is 28.1 Å². The summed E-state index contributed by atoms with van der Waals surface area (Å²) < 4.78 is 51.6. The van der Waals surface area contributed by atoms with Gasteiger partial charge in [0.15, 0.2) is 9.84 Å². The molecule has 2 aromatic carbocycles. The molecule has 0 saturated carbocycles. The third-order valence-corrected chi connectivity index (χ3v) is 9.21. The van der Waals surface area contributed by atoms with Gasteiger partial charge in [-0.05, 0) is 71.3 Å². The molecule has 28 heavy (non-hydrogen) atoms. The number of hydrogen-bond donors (Lipinski definition) is 0. The van der Waals surface area contributed by atoms with Gasteiger partial charge in [-0.2, -0.15) is 4.31 Å². The molecule has 8 heteroatoms. The third kappa shape index (κ3) is 5.03. The van der Waals surface area contributed by atoms with Gasteiger partial charge >= 0.3 is 0 Å². The molecule has 1 aliphatic heterocycles. The first kappa shape index (κ1) is 21.5. The van der Waals surface area contributed by atoms with E-state index >= 15 is 0 Å². The van der Waals surface area contributed by atoms with Gasteiger partial charge < -0.3 is 0 Å². The Labute approximate surface area is 175 Å². The lowest BCUT2D eigenvalue weighted by Gasteiger charge is -2.31. The number of rotatable bonds is 6. The van der Waals surface area contributed by atoms with Crippen LogP contribution in [0.1, 0.15) is 24.8 Å². The average molecular weight is 486 g/mol. The standard InChI is InChI=1S/C20H24BrNO4S2/c1-27(23,24)18-9-10-19(21)20(15-18)28(25,26)22-13-11-17(12-14-22)8-7-16-5-3-2-4-6-16/h2-6,9-10,15,17H,7-8,11-14H2,1H3. The van der Waals surface area contributed by atoms with E-state index in [0.29, 0.717) is 23.5 Å². The molecule has 0 atom stereocenters. The quantitative estimate of drug-likeness (QED) is 0.621. The van der Waals surface area contributed by atoms with Crippen molar-refractivity contribution in [3.63, 3.8) is 0 Å². The Kier molecular flexibility index (Phi) is 6.64. The van der Waals surface area contributed by atoms with Crippen molar-refractivity contribution in [2.24, 2.45) is 5.92 Å². The Morgan fingerprint density at radius 1 is 1.00 bits per heavy atom. The summed E-state index contributed by atoms with van der Waals surface area (Å²) in [6.07, 6.45) is 4.75. The maximum Gasteiger partial charge on any atom is 0.244 e. The van der Waals surface area contributed by atoms with Gasteiger partial charge in [-0.25, -0.2) is 16.8 Å². The molecule has 5 nitrogen and oxygen atoms in total. The normalized spacial score (nSPS) is 16.9. The topological polar surface area (TPSA) is 71.5 Å². The van der Waals surface area contributed by atoms with Crippen LogP contribution in [-0.4, -0.2) is 40.5 Å². The molecule has 0 bridgehead atoms. The molecule has 1 aliphatic rings. The second-order valence-electron chi connectivity index (χ2n) is 7.24. The second kappa shape index (κ2) is 8.65. The average Bonchev–Trinajstić information content (AvgIpc) is 2.67. The first-order valence-electron chi connectivity index (χ1n) is 9.21. The van der Waals surface area contributed by atoms with Crippen LogP contribution in [0.15, 0.2) is 62.8 Å². The first-order valence-corrected chi connectivity index (χ1v) is 13.3. The van der Waals surface area contributed by atoms with Crippen molar-refractivity contribution in [1.82, 2.24) is 4.31 Å². The molecule has 3 rings (SSSR count). The maximum absolute atomic E-state index is 13.1. The van der Waals surface area contributed by atoms with Crippen LogP contribution < -0.4 is 0 Å². The third-order valence-electron chi connectivity index (χ3n) is 5.21. The SMILES string of the molecule is CS(=O)(=O)c1ccc(Br)c(S(=O)(=O)N2CCC(CCc3ccccc3)CC2)c1. The molecule has 0 amide bonds. The minimum Gasteiger partial charge on any atom is -0.224 e. The minimum absolute atomic E-state index is 0.00650. The Morgan fingerprint density at radius 3 is 2.25 bits per heavy atom. The number of nitrogens with zero attached hydrogens (tertiary/aromatic N) is 1. The predicted molar refractivity (Wildman–Crippen MR) is 113 cm³/mol. The fourth-order valence-corrected chi connectivity index (χ4v) is 6.65. The molecular formula is C20H24BrNO4S2. The molecule has 1 saturated heterocycles. The van der Waals surface area contributed by atoms with Gasteiger partial charge in [0.25, 0.3) is 0 Å². The van der Waals surface area contributed by atoms with Crippen molar-refractivity contribution < 1.29 is 16.8 Å². The smallest absolute Gasteiger partial charge is 0.224 e. The van der Waals surface area contributed by atoms with E-state index in [1.54, 1.807) is 0 Å². The molecule has 152 valence electrons. The monoisotopic (exact) mass is 485 g/mol. The predicted octanol–water partition coefficient (Wildman–Crippen LogP) is 3.89. The van der Waals surface area contributed by atoms with Crippen LogP contribution >= 0.6 is 15.9 Å². The number of aryl methyl sites for hydroxylation is 1. The largest absolute Gasteiger partial charge is 0.244 e. The molecule has 0 radical (unpaired) electrons. The first-order chi connectivity index (χ1) is 13.2. The number of piperidine rings is 1. The molecule has 0 N–H and O–H groups in total. The number of hydrogen-bond acceptors (Lipinski definition) is 4. The zero-order chi connectivity index (χ0) is 20.4. The van der Waals surface area contributed by atoms with Crippen molar-refractivity contribution in [3.05, 3.63) is 58.6 Å². The van der Waals surface area contributed by atoms with E-state index < -0.39 is 19.9 Å². The van der Waals surface area contributed by atoms with Gasteiger partial charge in [-0.3, -0.25) is 0 Å². The Bertz CT molecular complexity index is 1030. The summed E-state index contributed by atoms with van der Waals surface area (Å²) in [6.45, 7) is 0.911. The molecule has 1 fully saturated rings. The number of benzene rings is 2. The zero-order valence-electron chi connectivity index (χ0n) is 15.7. The highest BCUT2D eigenvalue weighted by atomic mass is 79.9. The Balaban J connectivity index is 1.68. The van der Waals surface area contributed by atoms with E-state index in [2.05, 4.69) is 28.1 Å². The Morgan fingerprint density at radius 2 is 1.64 bits per heavy atom. The van der Waals surface area contributed by atoms with Crippen molar-refractivity contribution in [2.45, 2.75) is 35.5 Å². The van der Waals surface area contributed by atoms with Gasteiger partial charge in [0.2, 0.25) is 10.0 Å². The lowest BCUT2D eigenvalue weighted by Crippen LogP contribution is -2.38. The molecule has 0 aliphatic carbocycles. The number of sulfonamides is 1. The summed E-state index contributed by atoms with van der Waals surface area (Å²) >= 11 is 3.26. The van der Waals surface area contributed by atoms with Crippen LogP contribution in [-0.2, 0) is 26.3 Å². The highest BCUT2D eigenvalue weighted by molar-refractivity contribution is 9.10. The molecule has 1 heterocycles. The summed E-state index contributed by atoms with van der Waals surface area (Å²) in [4.78, 5) is 0.0187. The van der Waals surface area contributed by atoms with E-state index in [1.807, 2.05) is 18.2 Å². The van der Waals surface area contributed by atoms with E-state index in [-0.39, 0.29) is 9.79 Å². The maximum atomic E-state index is 13.1. The van der Waals surface area contributed by atoms with Gasteiger partial charge in [-0.15, -0.1) is 0 Å². The molecular weight excluding hydrogens is 462 g/mol. The molecule has 2 aromatic rings. The summed E-state index contributed by atoms with van der Waals surface area (Å²) in [6, 6.07) is 14.4. The highest BCUT2D eigenvalue weighted by Gasteiger charge is 2.31. The van der Waals surface area contributed by atoms with Gasteiger partial charge in [0, 0.05) is 23.8 Å². The second-order valence-corrected chi connectivity index (χ2v) is 12.0. The van der Waals surface area contributed by atoms with Crippen molar-refractivity contribution in [3.8, 4) is 0 Å².